The van der Waals surface area contributed by atoms with Crippen molar-refractivity contribution < 1.29 is 32.3 Å². The van der Waals surface area contributed by atoms with Crippen LogP contribution in [0.3, 0.4) is 0 Å². The zero-order chi connectivity index (χ0) is 32.5. The number of hydrogen-bond acceptors (Lipinski definition) is 8. The molecule has 2 aliphatic rings. The van der Waals surface area contributed by atoms with E-state index in [1.54, 1.807) is 43.5 Å². The monoisotopic (exact) mass is 632 g/mol. The van der Waals surface area contributed by atoms with Crippen molar-refractivity contribution in [1.82, 2.24) is 19.5 Å². The largest absolute Gasteiger partial charge is 0.497 e. The van der Waals surface area contributed by atoms with E-state index in [4.69, 9.17) is 4.74 Å². The van der Waals surface area contributed by atoms with Crippen molar-refractivity contribution in [3.8, 4) is 5.75 Å². The zero-order valence-corrected chi connectivity index (χ0v) is 26.4. The van der Waals surface area contributed by atoms with Gasteiger partial charge in [-0.1, -0.05) is 45.0 Å². The number of fused-ring (bicyclic) bond motifs is 1. The van der Waals surface area contributed by atoms with Crippen molar-refractivity contribution in [2.45, 2.75) is 57.2 Å². The molecule has 3 heterocycles. The summed E-state index contributed by atoms with van der Waals surface area (Å²) in [6, 6.07) is 14.0. The predicted octanol–water partition coefficient (Wildman–Crippen LogP) is 2.75. The minimum Gasteiger partial charge on any atom is -0.497 e. The van der Waals surface area contributed by atoms with Crippen LogP contribution in [0.25, 0.3) is 0 Å². The summed E-state index contributed by atoms with van der Waals surface area (Å²) in [4.78, 5) is 58.9. The maximum absolute atomic E-state index is 14.1. The predicted molar refractivity (Wildman–Crippen MR) is 166 cm³/mol. The maximum atomic E-state index is 14.1. The number of ketones is 1. The fourth-order valence-electron chi connectivity index (χ4n) is 5.84. The number of carbonyl (C=O) groups excluding carboxylic acids is 4. The molecule has 2 aromatic carbocycles. The molecular formula is C33H36N4O7S. The lowest BCUT2D eigenvalue weighted by Crippen LogP contribution is -2.53. The first kappa shape index (κ1) is 32.0. The van der Waals surface area contributed by atoms with Gasteiger partial charge >= 0.3 is 0 Å². The zero-order valence-electron chi connectivity index (χ0n) is 25.6. The third-order valence-corrected chi connectivity index (χ3v) is 10.0. The van der Waals surface area contributed by atoms with Crippen LogP contribution in [0, 0.1) is 0 Å². The number of sulfonamides is 1. The molecule has 3 atom stereocenters. The molecule has 12 heteroatoms. The van der Waals surface area contributed by atoms with Gasteiger partial charge in [0.1, 0.15) is 17.8 Å². The summed E-state index contributed by atoms with van der Waals surface area (Å²) in [7, 11) is -3.01. The van der Waals surface area contributed by atoms with E-state index in [2.05, 4.69) is 31.1 Å². The first-order valence-electron chi connectivity index (χ1n) is 14.6. The molecule has 11 nitrogen and oxygen atoms in total. The molecule has 3 aromatic rings. The van der Waals surface area contributed by atoms with Crippen LogP contribution in [-0.2, 0) is 31.4 Å². The molecule has 0 spiro atoms. The van der Waals surface area contributed by atoms with Crippen LogP contribution in [0.2, 0.25) is 0 Å². The number of rotatable bonds is 8. The number of amides is 2. The van der Waals surface area contributed by atoms with Crippen LogP contribution in [-0.4, -0.2) is 83.6 Å². The summed E-state index contributed by atoms with van der Waals surface area (Å²) in [5.41, 5.74) is 1.95. The van der Waals surface area contributed by atoms with Crippen molar-refractivity contribution >= 4 is 32.7 Å². The lowest BCUT2D eigenvalue weighted by molar-refractivity contribution is -0.138. The average molecular weight is 633 g/mol. The summed E-state index contributed by atoms with van der Waals surface area (Å²) in [5.74, 6) is -0.822. The van der Waals surface area contributed by atoms with Crippen molar-refractivity contribution in [1.29, 1.82) is 0 Å². The van der Waals surface area contributed by atoms with E-state index in [9.17, 15) is 27.6 Å². The molecule has 2 aliphatic heterocycles. The Bertz CT molecular complexity index is 1700. The van der Waals surface area contributed by atoms with Crippen LogP contribution in [0.15, 0.2) is 73.1 Å². The number of nitrogens with zero attached hydrogens (tertiary/aromatic N) is 3. The van der Waals surface area contributed by atoms with Gasteiger partial charge in [-0.15, -0.1) is 0 Å². The van der Waals surface area contributed by atoms with Gasteiger partial charge in [0.25, 0.3) is 21.0 Å². The number of ether oxygens (including phenoxy) is 1. The number of benzene rings is 2. The second kappa shape index (κ2) is 12.5. The summed E-state index contributed by atoms with van der Waals surface area (Å²) >= 11 is 0. The summed E-state index contributed by atoms with van der Waals surface area (Å²) in [6.07, 6.45) is 2.86. The summed E-state index contributed by atoms with van der Waals surface area (Å²) in [6.45, 7) is 5.77. The number of likely N-dealkylation sites (tertiary alicyclic amines) is 1. The number of hydrogen-bond donors (Lipinski definition) is 1. The number of nitrogens with one attached hydrogen (secondary N) is 1. The molecule has 2 amide bonds. The molecule has 2 saturated heterocycles. The Kier molecular flexibility index (Phi) is 8.90. The number of methoxy groups -OCH3 is 1. The molecule has 2 fully saturated rings. The van der Waals surface area contributed by atoms with Gasteiger partial charge in [-0.05, 0) is 59.4 Å². The average Bonchev–Trinajstić information content (AvgIpc) is 3.61. The normalized spacial score (nSPS) is 19.2. The number of pyridine rings is 1. The van der Waals surface area contributed by atoms with E-state index in [1.165, 1.54) is 23.2 Å². The van der Waals surface area contributed by atoms with Gasteiger partial charge in [0.05, 0.1) is 25.3 Å². The molecule has 3 unspecified atom stereocenters. The van der Waals surface area contributed by atoms with Crippen molar-refractivity contribution in [2.24, 2.45) is 0 Å². The van der Waals surface area contributed by atoms with E-state index in [1.807, 2.05) is 12.1 Å². The van der Waals surface area contributed by atoms with Crippen molar-refractivity contribution in [3.63, 3.8) is 0 Å². The van der Waals surface area contributed by atoms with Gasteiger partial charge < -0.3 is 15.0 Å². The van der Waals surface area contributed by atoms with Crippen molar-refractivity contribution in [2.75, 3.05) is 20.2 Å². The second-order valence-electron chi connectivity index (χ2n) is 12.3. The first-order valence-corrected chi connectivity index (χ1v) is 16.1. The molecule has 0 bridgehead atoms. The van der Waals surface area contributed by atoms with E-state index in [0.29, 0.717) is 11.3 Å². The molecular weight excluding hydrogens is 596 g/mol. The van der Waals surface area contributed by atoms with Crippen LogP contribution in [0.4, 0.5) is 0 Å². The topological polar surface area (TPSA) is 143 Å². The Morgan fingerprint density at radius 2 is 1.71 bits per heavy atom. The molecule has 0 saturated carbocycles. The fraction of sp³-hybridized carbons (Fsp3) is 0.364. The highest BCUT2D eigenvalue weighted by molar-refractivity contribution is 8.04. The molecule has 45 heavy (non-hydrogen) atoms. The summed E-state index contributed by atoms with van der Waals surface area (Å²) in [5, 5.41) is 1.70. The van der Waals surface area contributed by atoms with Crippen LogP contribution >= 0.6 is 0 Å². The lowest BCUT2D eigenvalue weighted by Gasteiger charge is -2.28. The van der Waals surface area contributed by atoms with Gasteiger partial charge in [-0.25, -0.2) is 8.42 Å². The molecule has 0 aliphatic carbocycles. The van der Waals surface area contributed by atoms with E-state index >= 15 is 0 Å². The smallest absolute Gasteiger partial charge is 0.293 e. The lowest BCUT2D eigenvalue weighted by atomic mass is 9.86. The highest BCUT2D eigenvalue weighted by Crippen LogP contribution is 2.33. The summed E-state index contributed by atoms with van der Waals surface area (Å²) < 4.78 is 32.8. The quantitative estimate of drug-likeness (QED) is 0.400. The van der Waals surface area contributed by atoms with Gasteiger partial charge in [0.15, 0.2) is 5.78 Å². The molecule has 236 valence electrons. The standard InChI is InChI=1S/C33H36N4O7S/c1-33(2,3)24-11-9-22(10-12-24)30(39)35-26(18-21-7-13-25(44-4)14-8-21)31(40)36-17-15-27-29(36)28(38)20-37(27)45(42,43)32(41)23-6-5-16-34-19-23/h5-14,16,19,26-27,29H,15,17-18,20H2,1-4H3,(H,35,39). The number of Topliss-reactive ketones (excluding diaryl/α,β-unsaturated/α-hetero) is 1. The third kappa shape index (κ3) is 6.52. The molecule has 5 rings (SSSR count). The SMILES string of the molecule is COc1ccc(CC(NC(=O)c2ccc(C(C)(C)C)cc2)C(=O)N2CCC3C2C(=O)CN3S(=O)(=O)C(=O)c2cccnc2)cc1. The Hall–Kier alpha value is -4.42. The van der Waals surface area contributed by atoms with Gasteiger partial charge in [-0.3, -0.25) is 24.2 Å². The first-order chi connectivity index (χ1) is 21.3. The van der Waals surface area contributed by atoms with Crippen LogP contribution in [0.1, 0.15) is 59.0 Å². The maximum Gasteiger partial charge on any atom is 0.293 e. The van der Waals surface area contributed by atoms with Crippen LogP contribution in [0.5, 0.6) is 5.75 Å². The highest BCUT2D eigenvalue weighted by Gasteiger charge is 2.55. The minimum atomic E-state index is -4.56. The van der Waals surface area contributed by atoms with Crippen LogP contribution < -0.4 is 10.1 Å². The van der Waals surface area contributed by atoms with Gasteiger partial charge in [0.2, 0.25) is 5.91 Å². The number of carbonyl (C=O) groups is 4. The second-order valence-corrected chi connectivity index (χ2v) is 14.1. The molecule has 1 N–H and O–H groups in total. The van der Waals surface area contributed by atoms with E-state index in [0.717, 1.165) is 21.6 Å². The minimum absolute atomic E-state index is 0.0856. The number of aromatic nitrogens is 1. The Labute approximate surface area is 262 Å². The van der Waals surface area contributed by atoms with Gasteiger partial charge in [0, 0.05) is 30.9 Å². The molecule has 1 aromatic heterocycles. The third-order valence-electron chi connectivity index (χ3n) is 8.32. The van der Waals surface area contributed by atoms with E-state index < -0.39 is 57.4 Å². The highest BCUT2D eigenvalue weighted by atomic mass is 32.2. The van der Waals surface area contributed by atoms with E-state index in [-0.39, 0.29) is 30.4 Å². The Morgan fingerprint density at radius 3 is 2.31 bits per heavy atom. The Balaban J connectivity index is 1.39. The molecule has 0 radical (unpaired) electrons. The van der Waals surface area contributed by atoms with Gasteiger partial charge in [-0.2, -0.15) is 4.31 Å². The fourth-order valence-corrected chi connectivity index (χ4v) is 7.35. The van der Waals surface area contributed by atoms with Crippen molar-refractivity contribution in [3.05, 3.63) is 95.3 Å². The Morgan fingerprint density at radius 1 is 1.02 bits per heavy atom.